The molecule has 0 bridgehead atoms. The number of rotatable bonds is 1. The van der Waals surface area contributed by atoms with Crippen molar-refractivity contribution in [1.82, 2.24) is 20.0 Å². The van der Waals surface area contributed by atoms with E-state index in [0.29, 0.717) is 18.0 Å². The maximum absolute atomic E-state index is 12.7. The van der Waals surface area contributed by atoms with Gasteiger partial charge in [-0.2, -0.15) is 5.10 Å². The summed E-state index contributed by atoms with van der Waals surface area (Å²) in [6.07, 6.45) is 2.95. The van der Waals surface area contributed by atoms with Gasteiger partial charge in [0.15, 0.2) is 0 Å². The van der Waals surface area contributed by atoms with Gasteiger partial charge in [-0.3, -0.25) is 9.48 Å². The molecule has 1 N–H and O–H groups in total. The van der Waals surface area contributed by atoms with Gasteiger partial charge in [0, 0.05) is 38.4 Å². The number of aryl methyl sites for hydroxylation is 2. The van der Waals surface area contributed by atoms with E-state index < -0.39 is 0 Å². The van der Waals surface area contributed by atoms with Crippen molar-refractivity contribution in [3.63, 3.8) is 0 Å². The number of nitrogens with zero attached hydrogens (tertiary/aromatic N) is 3. The Hall–Kier alpha value is -1.36. The predicted molar refractivity (Wildman–Crippen MR) is 68.3 cm³/mol. The van der Waals surface area contributed by atoms with Crippen LogP contribution in [0.3, 0.4) is 0 Å². The minimum Gasteiger partial charge on any atom is -0.331 e. The van der Waals surface area contributed by atoms with Gasteiger partial charge in [0.1, 0.15) is 0 Å². The summed E-state index contributed by atoms with van der Waals surface area (Å²) in [6, 6.07) is 0.710. The van der Waals surface area contributed by atoms with Crippen LogP contribution in [-0.2, 0) is 7.05 Å². The second-order valence-electron chi connectivity index (χ2n) is 5.58. The maximum Gasteiger partial charge on any atom is 0.257 e. The second-order valence-corrected chi connectivity index (χ2v) is 5.58. The van der Waals surface area contributed by atoms with Gasteiger partial charge in [-0.05, 0) is 26.2 Å². The van der Waals surface area contributed by atoms with E-state index in [0.717, 1.165) is 30.8 Å². The molecule has 1 amide bonds. The summed E-state index contributed by atoms with van der Waals surface area (Å²) in [5.74, 6) is 0.769. The van der Waals surface area contributed by atoms with Gasteiger partial charge < -0.3 is 10.2 Å². The SMILES string of the molecule is Cc1nn(C)cc1C(=O)N1C(C)CC2CNCC21. The Balaban J connectivity index is 1.90. The lowest BCUT2D eigenvalue weighted by molar-refractivity contribution is 0.0681. The molecular weight excluding hydrogens is 228 g/mol. The topological polar surface area (TPSA) is 50.2 Å². The average molecular weight is 248 g/mol. The van der Waals surface area contributed by atoms with Crippen molar-refractivity contribution in [2.45, 2.75) is 32.4 Å². The highest BCUT2D eigenvalue weighted by Crippen LogP contribution is 2.33. The lowest BCUT2D eigenvalue weighted by Crippen LogP contribution is -2.42. The minimum absolute atomic E-state index is 0.143. The summed E-state index contributed by atoms with van der Waals surface area (Å²) in [4.78, 5) is 14.7. The van der Waals surface area contributed by atoms with Gasteiger partial charge in [-0.15, -0.1) is 0 Å². The maximum atomic E-state index is 12.7. The van der Waals surface area contributed by atoms with E-state index in [2.05, 4.69) is 22.2 Å². The Bertz CT molecular complexity index is 481. The standard InChI is InChI=1S/C13H20N4O/c1-8-4-10-5-14-6-12(10)17(8)13(18)11-7-16(3)15-9(11)2/h7-8,10,12,14H,4-6H2,1-3H3. The highest BCUT2D eigenvalue weighted by atomic mass is 16.2. The lowest BCUT2D eigenvalue weighted by atomic mass is 10.0. The molecule has 98 valence electrons. The average Bonchev–Trinajstić information content (AvgIpc) is 2.92. The predicted octanol–water partition coefficient (Wildman–Crippen LogP) is 0.551. The fraction of sp³-hybridized carbons (Fsp3) is 0.692. The fourth-order valence-corrected chi connectivity index (χ4v) is 3.46. The van der Waals surface area contributed by atoms with Gasteiger partial charge in [-0.1, -0.05) is 0 Å². The summed E-state index contributed by atoms with van der Waals surface area (Å²) < 4.78 is 1.72. The van der Waals surface area contributed by atoms with E-state index in [1.807, 2.05) is 20.2 Å². The highest BCUT2D eigenvalue weighted by Gasteiger charge is 2.44. The molecule has 0 spiro atoms. The first-order valence-electron chi connectivity index (χ1n) is 6.61. The van der Waals surface area contributed by atoms with Gasteiger partial charge in [0.25, 0.3) is 5.91 Å². The Morgan fingerprint density at radius 2 is 2.28 bits per heavy atom. The Morgan fingerprint density at radius 3 is 2.94 bits per heavy atom. The number of hydrogen-bond acceptors (Lipinski definition) is 3. The number of carbonyl (C=O) groups excluding carboxylic acids is 1. The van der Waals surface area contributed by atoms with Crippen LogP contribution in [-0.4, -0.2) is 45.8 Å². The van der Waals surface area contributed by atoms with Crippen LogP contribution in [0, 0.1) is 12.8 Å². The number of fused-ring (bicyclic) bond motifs is 1. The smallest absolute Gasteiger partial charge is 0.257 e. The molecule has 2 saturated heterocycles. The molecule has 1 aromatic rings. The molecular formula is C13H20N4O. The number of amides is 1. The zero-order chi connectivity index (χ0) is 12.9. The van der Waals surface area contributed by atoms with E-state index in [1.165, 1.54) is 0 Å². The molecule has 18 heavy (non-hydrogen) atoms. The van der Waals surface area contributed by atoms with Crippen molar-refractivity contribution < 1.29 is 4.79 Å². The zero-order valence-corrected chi connectivity index (χ0v) is 11.2. The number of carbonyl (C=O) groups is 1. The van der Waals surface area contributed by atoms with Crippen molar-refractivity contribution in [2.24, 2.45) is 13.0 Å². The van der Waals surface area contributed by atoms with E-state index in [-0.39, 0.29) is 5.91 Å². The number of hydrogen-bond donors (Lipinski definition) is 1. The van der Waals surface area contributed by atoms with Gasteiger partial charge >= 0.3 is 0 Å². The number of aromatic nitrogens is 2. The van der Waals surface area contributed by atoms with Crippen LogP contribution in [0.1, 0.15) is 29.4 Å². The first-order chi connectivity index (χ1) is 8.58. The molecule has 3 heterocycles. The molecule has 3 unspecified atom stereocenters. The largest absolute Gasteiger partial charge is 0.331 e. The summed E-state index contributed by atoms with van der Waals surface area (Å²) in [7, 11) is 1.86. The summed E-state index contributed by atoms with van der Waals surface area (Å²) in [6.45, 7) is 6.03. The lowest BCUT2D eigenvalue weighted by Gasteiger charge is -2.27. The fourth-order valence-electron chi connectivity index (χ4n) is 3.46. The van der Waals surface area contributed by atoms with Crippen molar-refractivity contribution in [3.8, 4) is 0 Å². The summed E-state index contributed by atoms with van der Waals surface area (Å²) >= 11 is 0. The molecule has 3 atom stereocenters. The molecule has 2 fully saturated rings. The van der Waals surface area contributed by atoms with E-state index in [4.69, 9.17) is 0 Å². The van der Waals surface area contributed by atoms with Crippen molar-refractivity contribution >= 4 is 5.91 Å². The third-order valence-corrected chi connectivity index (χ3v) is 4.26. The van der Waals surface area contributed by atoms with Crippen LogP contribution in [0.4, 0.5) is 0 Å². The van der Waals surface area contributed by atoms with E-state index in [9.17, 15) is 4.79 Å². The highest BCUT2D eigenvalue weighted by molar-refractivity contribution is 5.95. The molecule has 0 aliphatic carbocycles. The summed E-state index contributed by atoms with van der Waals surface area (Å²) in [5.41, 5.74) is 1.57. The molecule has 2 aliphatic rings. The van der Waals surface area contributed by atoms with Gasteiger partial charge in [0.2, 0.25) is 0 Å². The second kappa shape index (κ2) is 4.09. The first kappa shape index (κ1) is 11.7. The van der Waals surface area contributed by atoms with Crippen LogP contribution in [0.25, 0.3) is 0 Å². The third-order valence-electron chi connectivity index (χ3n) is 4.26. The van der Waals surface area contributed by atoms with Crippen LogP contribution < -0.4 is 5.32 Å². The van der Waals surface area contributed by atoms with Crippen LogP contribution in [0.5, 0.6) is 0 Å². The van der Waals surface area contributed by atoms with Gasteiger partial charge in [0.05, 0.1) is 11.3 Å². The zero-order valence-electron chi connectivity index (χ0n) is 11.2. The molecule has 3 rings (SSSR count). The minimum atomic E-state index is 0.143. The third kappa shape index (κ3) is 1.65. The Kier molecular flexibility index (Phi) is 2.66. The number of likely N-dealkylation sites (tertiary alicyclic amines) is 1. The van der Waals surface area contributed by atoms with Crippen molar-refractivity contribution in [1.29, 1.82) is 0 Å². The van der Waals surface area contributed by atoms with E-state index in [1.54, 1.807) is 4.68 Å². The molecule has 0 saturated carbocycles. The van der Waals surface area contributed by atoms with Gasteiger partial charge in [-0.25, -0.2) is 0 Å². The monoisotopic (exact) mass is 248 g/mol. The number of nitrogens with one attached hydrogen (secondary N) is 1. The van der Waals surface area contributed by atoms with Crippen molar-refractivity contribution in [3.05, 3.63) is 17.5 Å². The normalized spacial score (nSPS) is 30.8. The van der Waals surface area contributed by atoms with Crippen LogP contribution in [0.15, 0.2) is 6.20 Å². The van der Waals surface area contributed by atoms with Crippen LogP contribution in [0.2, 0.25) is 0 Å². The molecule has 1 aromatic heterocycles. The van der Waals surface area contributed by atoms with Crippen molar-refractivity contribution in [2.75, 3.05) is 13.1 Å². The molecule has 5 heteroatoms. The quantitative estimate of drug-likeness (QED) is 0.789. The molecule has 0 aromatic carbocycles. The first-order valence-corrected chi connectivity index (χ1v) is 6.61. The summed E-state index contributed by atoms with van der Waals surface area (Å²) in [5, 5.41) is 7.65. The molecule has 0 radical (unpaired) electrons. The molecule has 2 aliphatic heterocycles. The Morgan fingerprint density at radius 1 is 1.50 bits per heavy atom. The Labute approximate surface area is 107 Å². The molecule has 5 nitrogen and oxygen atoms in total. The van der Waals surface area contributed by atoms with E-state index >= 15 is 0 Å². The van der Waals surface area contributed by atoms with Crippen LogP contribution >= 0.6 is 0 Å².